The van der Waals surface area contributed by atoms with Crippen molar-refractivity contribution in [3.05, 3.63) is 72.6 Å². The lowest BCUT2D eigenvalue weighted by Crippen LogP contribution is -2.14. The summed E-state index contributed by atoms with van der Waals surface area (Å²) in [7, 11) is 0. The molecule has 0 N–H and O–H groups in total. The molecule has 17 heavy (non-hydrogen) atoms. The quantitative estimate of drug-likeness (QED) is 0.719. The van der Waals surface area contributed by atoms with Crippen molar-refractivity contribution in [3.63, 3.8) is 0 Å². The van der Waals surface area contributed by atoms with Crippen LogP contribution in [-0.4, -0.2) is 6.30 Å². The van der Waals surface area contributed by atoms with Gasteiger partial charge in [-0.2, -0.15) is 0 Å². The van der Waals surface area contributed by atoms with Crippen LogP contribution in [0.1, 0.15) is 6.92 Å². The number of hydrogen-bond acceptors (Lipinski definition) is 0. The Hall–Kier alpha value is -1.52. The monoisotopic (exact) mass is 240 g/mol. The summed E-state index contributed by atoms with van der Waals surface area (Å²) in [6, 6.07) is 21.1. The van der Waals surface area contributed by atoms with Crippen LogP contribution in [0.3, 0.4) is 0 Å². The van der Waals surface area contributed by atoms with Crippen molar-refractivity contribution in [2.75, 3.05) is 0 Å². The van der Waals surface area contributed by atoms with E-state index in [1.165, 1.54) is 10.6 Å². The highest BCUT2D eigenvalue weighted by atomic mass is 31.2. The van der Waals surface area contributed by atoms with E-state index in [9.17, 15) is 0 Å². The third kappa shape index (κ3) is 2.43. The Morgan fingerprint density at radius 3 is 1.59 bits per heavy atom. The highest BCUT2D eigenvalue weighted by molar-refractivity contribution is 7.89. The lowest BCUT2D eigenvalue weighted by atomic mass is 10.4. The summed E-state index contributed by atoms with van der Waals surface area (Å²) in [6.07, 6.45) is 6.64. The SMILES string of the molecule is C=P(/C=C\C)(c1ccccc1)c1ccccc1. The molecule has 0 amide bonds. The molecule has 0 bridgehead atoms. The van der Waals surface area contributed by atoms with Crippen molar-refractivity contribution in [2.45, 2.75) is 6.92 Å². The summed E-state index contributed by atoms with van der Waals surface area (Å²) < 4.78 is 0. The maximum atomic E-state index is 4.52. The van der Waals surface area contributed by atoms with Crippen LogP contribution in [0.25, 0.3) is 0 Å². The lowest BCUT2D eigenvalue weighted by Gasteiger charge is -2.21. The van der Waals surface area contributed by atoms with Crippen molar-refractivity contribution in [1.29, 1.82) is 0 Å². The van der Waals surface area contributed by atoms with E-state index in [-0.39, 0.29) is 0 Å². The van der Waals surface area contributed by atoms with Crippen LogP contribution in [0.15, 0.2) is 72.6 Å². The highest BCUT2D eigenvalue weighted by Crippen LogP contribution is 2.44. The smallest absolute Gasteiger partial charge is 0.0171 e. The third-order valence-corrected chi connectivity index (χ3v) is 6.08. The normalized spacial score (nSPS) is 11.8. The fourth-order valence-corrected chi connectivity index (χ4v) is 4.52. The molecule has 0 nitrogen and oxygen atoms in total. The van der Waals surface area contributed by atoms with Crippen molar-refractivity contribution < 1.29 is 0 Å². The topological polar surface area (TPSA) is 0 Å². The van der Waals surface area contributed by atoms with Crippen LogP contribution in [0.2, 0.25) is 0 Å². The lowest BCUT2D eigenvalue weighted by molar-refractivity contribution is 1.74. The molecule has 0 aliphatic carbocycles. The summed E-state index contributed by atoms with van der Waals surface area (Å²) in [5.41, 5.74) is 0. The molecular weight excluding hydrogens is 223 g/mol. The summed E-state index contributed by atoms with van der Waals surface area (Å²) >= 11 is 0. The second-order valence-corrected chi connectivity index (χ2v) is 7.09. The first-order chi connectivity index (χ1) is 8.27. The van der Waals surface area contributed by atoms with Crippen molar-refractivity contribution in [1.82, 2.24) is 0 Å². The van der Waals surface area contributed by atoms with E-state index < -0.39 is 6.89 Å². The molecule has 0 aromatic heterocycles. The van der Waals surface area contributed by atoms with Gasteiger partial charge in [0.1, 0.15) is 0 Å². The fourth-order valence-electron chi connectivity index (χ4n) is 1.96. The van der Waals surface area contributed by atoms with E-state index in [4.69, 9.17) is 0 Å². The summed E-state index contributed by atoms with van der Waals surface area (Å²) in [6.45, 7) is 0.457. The molecule has 0 saturated carbocycles. The van der Waals surface area contributed by atoms with Crippen molar-refractivity contribution >= 4 is 23.8 Å². The fraction of sp³-hybridized carbons (Fsp3) is 0.0625. The number of benzene rings is 2. The van der Waals surface area contributed by atoms with E-state index in [1.54, 1.807) is 0 Å². The molecule has 0 radical (unpaired) electrons. The van der Waals surface area contributed by atoms with Gasteiger partial charge in [-0.15, -0.1) is 0 Å². The second kappa shape index (κ2) is 5.21. The third-order valence-electron chi connectivity index (χ3n) is 2.84. The highest BCUT2D eigenvalue weighted by Gasteiger charge is 2.14. The molecule has 1 heteroatoms. The van der Waals surface area contributed by atoms with Gasteiger partial charge < -0.3 is 0 Å². The molecule has 86 valence electrons. The second-order valence-electron chi connectivity index (χ2n) is 4.02. The average Bonchev–Trinajstić information content (AvgIpc) is 2.41. The van der Waals surface area contributed by atoms with Crippen LogP contribution in [0.5, 0.6) is 0 Å². The Bertz CT molecular complexity index is 495. The van der Waals surface area contributed by atoms with Gasteiger partial charge in [0.2, 0.25) is 0 Å². The molecule has 0 spiro atoms. The van der Waals surface area contributed by atoms with E-state index >= 15 is 0 Å². The number of rotatable bonds is 3. The average molecular weight is 240 g/mol. The maximum Gasteiger partial charge on any atom is -0.0171 e. The van der Waals surface area contributed by atoms with Gasteiger partial charge in [0.15, 0.2) is 0 Å². The van der Waals surface area contributed by atoms with Crippen LogP contribution < -0.4 is 10.6 Å². The van der Waals surface area contributed by atoms with E-state index in [0.717, 1.165) is 0 Å². The molecular formula is C16H17P. The Morgan fingerprint density at radius 2 is 1.24 bits per heavy atom. The molecule has 0 unspecified atom stereocenters. The van der Waals surface area contributed by atoms with E-state index in [0.29, 0.717) is 0 Å². The van der Waals surface area contributed by atoms with Gasteiger partial charge in [-0.3, -0.25) is 0 Å². The molecule has 0 saturated heterocycles. The number of hydrogen-bond donors (Lipinski definition) is 0. The molecule has 2 aromatic rings. The first-order valence-corrected chi connectivity index (χ1v) is 7.80. The molecule has 0 fully saturated rings. The van der Waals surface area contributed by atoms with Gasteiger partial charge >= 0.3 is 0 Å². The zero-order chi connectivity index (χ0) is 12.1. The predicted octanol–water partition coefficient (Wildman–Crippen LogP) is 3.62. The van der Waals surface area contributed by atoms with Gasteiger partial charge in [0, 0.05) is 0 Å². The van der Waals surface area contributed by atoms with Gasteiger partial charge in [0.25, 0.3) is 0 Å². The molecule has 0 atom stereocenters. The van der Waals surface area contributed by atoms with Gasteiger partial charge in [0.05, 0.1) is 0 Å². The van der Waals surface area contributed by atoms with Crippen LogP contribution in [-0.2, 0) is 0 Å². The van der Waals surface area contributed by atoms with Crippen molar-refractivity contribution in [3.8, 4) is 0 Å². The zero-order valence-electron chi connectivity index (χ0n) is 10.1. The first-order valence-electron chi connectivity index (χ1n) is 5.75. The van der Waals surface area contributed by atoms with Gasteiger partial charge in [-0.1, -0.05) is 78.9 Å². The van der Waals surface area contributed by atoms with E-state index in [1.807, 2.05) is 0 Å². The van der Waals surface area contributed by atoms with Crippen LogP contribution in [0, 0.1) is 0 Å². The zero-order valence-corrected chi connectivity index (χ0v) is 11.0. The van der Waals surface area contributed by atoms with Gasteiger partial charge in [-0.05, 0) is 24.4 Å². The van der Waals surface area contributed by atoms with Crippen LogP contribution >= 0.6 is 6.89 Å². The van der Waals surface area contributed by atoms with E-state index in [2.05, 4.69) is 85.8 Å². The Morgan fingerprint density at radius 1 is 0.824 bits per heavy atom. The Kier molecular flexibility index (Phi) is 3.66. The van der Waals surface area contributed by atoms with Gasteiger partial charge in [-0.25, -0.2) is 0 Å². The maximum absolute atomic E-state index is 4.52. The van der Waals surface area contributed by atoms with Crippen LogP contribution in [0.4, 0.5) is 0 Å². The summed E-state index contributed by atoms with van der Waals surface area (Å²) in [4.78, 5) is 0. The molecule has 2 rings (SSSR count). The predicted molar refractivity (Wildman–Crippen MR) is 81.0 cm³/mol. The minimum Gasteiger partial charge on any atom is -0.0892 e. The minimum absolute atomic E-state index is 1.32. The van der Waals surface area contributed by atoms with Crippen molar-refractivity contribution in [2.24, 2.45) is 0 Å². The molecule has 0 aliphatic heterocycles. The largest absolute Gasteiger partial charge is 0.0892 e. The number of allylic oxidation sites excluding steroid dienone is 1. The Labute approximate surface area is 104 Å². The molecule has 0 aliphatic rings. The molecule has 0 heterocycles. The summed E-state index contributed by atoms with van der Waals surface area (Å²) in [5.74, 6) is 2.26. The minimum atomic E-state index is -1.60. The first kappa shape index (κ1) is 12.0. The Balaban J connectivity index is 2.60. The molecule has 2 aromatic carbocycles. The summed E-state index contributed by atoms with van der Waals surface area (Å²) in [5, 5.41) is 2.65. The standard InChI is InChI=1S/C16H17P/c1-3-14-17(2,15-10-6-4-7-11-15)16-12-8-5-9-13-16/h3-14H,2H2,1H3/b14-3-.